The SMILES string of the molecule is COc1cc(C2c3cc4c(cc3[C@@H](NC(=O)CCNCCN)[C@H]3COC(=O)[C@H]23)OCO4)cc(OC)c1O. The molecule has 2 heterocycles. The number of methoxy groups -OCH3 is 2. The van der Waals surface area contributed by atoms with Gasteiger partial charge in [0, 0.05) is 37.9 Å². The van der Waals surface area contributed by atoms with Gasteiger partial charge in [0.1, 0.15) is 0 Å². The van der Waals surface area contributed by atoms with Gasteiger partial charge in [-0.1, -0.05) is 0 Å². The minimum Gasteiger partial charge on any atom is -0.502 e. The molecule has 0 spiro atoms. The van der Waals surface area contributed by atoms with Gasteiger partial charge in [0.25, 0.3) is 0 Å². The molecule has 1 fully saturated rings. The van der Waals surface area contributed by atoms with E-state index < -0.39 is 17.9 Å². The molecule has 4 atom stereocenters. The van der Waals surface area contributed by atoms with Crippen molar-refractivity contribution in [1.29, 1.82) is 0 Å². The van der Waals surface area contributed by atoms with Crippen LogP contribution >= 0.6 is 0 Å². The van der Waals surface area contributed by atoms with Crippen LogP contribution in [0.25, 0.3) is 0 Å². The van der Waals surface area contributed by atoms with Crippen LogP contribution < -0.4 is 35.3 Å². The summed E-state index contributed by atoms with van der Waals surface area (Å²) in [6, 6.07) is 6.65. The standard InChI is InChI=1S/C26H31N3O8/c1-33-19-7-13(8-20(34-2)25(19)31)22-14-9-17-18(37-12-36-17)10-15(14)24(16-11-35-26(32)23(16)22)29-21(30)3-5-28-6-4-27/h7-10,16,22-24,28,31H,3-6,11-12,27H2,1-2H3,(H,29,30)/t16-,22?,23-,24+/m0/s1. The predicted molar refractivity (Wildman–Crippen MR) is 131 cm³/mol. The second-order valence-corrected chi connectivity index (χ2v) is 9.24. The highest BCUT2D eigenvalue weighted by Gasteiger charge is 2.53. The molecule has 11 nitrogen and oxygen atoms in total. The molecular weight excluding hydrogens is 482 g/mol. The fraction of sp³-hybridized carbons (Fsp3) is 0.462. The van der Waals surface area contributed by atoms with Gasteiger partial charge in [-0.15, -0.1) is 0 Å². The van der Waals surface area contributed by atoms with Crippen molar-refractivity contribution in [2.45, 2.75) is 18.4 Å². The van der Waals surface area contributed by atoms with E-state index in [4.69, 9.17) is 29.4 Å². The molecule has 3 aliphatic rings. The highest BCUT2D eigenvalue weighted by Crippen LogP contribution is 2.55. The molecule has 5 rings (SSSR count). The number of hydrogen-bond acceptors (Lipinski definition) is 10. The Morgan fingerprint density at radius 1 is 1.05 bits per heavy atom. The summed E-state index contributed by atoms with van der Waals surface area (Å²) >= 11 is 0. The zero-order chi connectivity index (χ0) is 26.1. The van der Waals surface area contributed by atoms with Gasteiger partial charge in [-0.05, 0) is 41.0 Å². The quantitative estimate of drug-likeness (QED) is 0.284. The van der Waals surface area contributed by atoms with Crippen LogP contribution in [-0.4, -0.2) is 64.2 Å². The number of hydrogen-bond donors (Lipinski definition) is 4. The Morgan fingerprint density at radius 3 is 2.38 bits per heavy atom. The van der Waals surface area contributed by atoms with Crippen molar-refractivity contribution in [3.8, 4) is 28.7 Å². The minimum absolute atomic E-state index is 0.0858. The van der Waals surface area contributed by atoms with E-state index in [0.717, 1.165) is 11.1 Å². The van der Waals surface area contributed by atoms with Crippen molar-refractivity contribution in [2.75, 3.05) is 47.3 Å². The first kappa shape index (κ1) is 25.0. The van der Waals surface area contributed by atoms with Crippen LogP contribution in [0.1, 0.15) is 35.1 Å². The predicted octanol–water partition coefficient (Wildman–Crippen LogP) is 1.17. The topological polar surface area (TPSA) is 151 Å². The van der Waals surface area contributed by atoms with E-state index in [1.54, 1.807) is 12.1 Å². The number of carbonyl (C=O) groups excluding carboxylic acids is 2. The maximum atomic E-state index is 13.2. The van der Waals surface area contributed by atoms with Crippen LogP contribution in [-0.2, 0) is 14.3 Å². The molecule has 37 heavy (non-hydrogen) atoms. The van der Waals surface area contributed by atoms with Gasteiger partial charge in [0.2, 0.25) is 18.4 Å². The second-order valence-electron chi connectivity index (χ2n) is 9.24. The zero-order valence-electron chi connectivity index (χ0n) is 20.7. The zero-order valence-corrected chi connectivity index (χ0v) is 20.7. The fourth-order valence-electron chi connectivity index (χ4n) is 5.52. The molecule has 0 saturated carbocycles. The van der Waals surface area contributed by atoms with E-state index >= 15 is 0 Å². The first-order valence-corrected chi connectivity index (χ1v) is 12.2. The summed E-state index contributed by atoms with van der Waals surface area (Å²) in [4.78, 5) is 26.1. The number of phenolic OH excluding ortho intramolecular Hbond substituents is 1. The summed E-state index contributed by atoms with van der Waals surface area (Å²) < 4.78 is 27.6. The van der Waals surface area contributed by atoms with Gasteiger partial charge in [0.05, 0.1) is 32.8 Å². The third-order valence-electron chi connectivity index (χ3n) is 7.21. The summed E-state index contributed by atoms with van der Waals surface area (Å²) in [6.45, 7) is 1.85. The highest BCUT2D eigenvalue weighted by molar-refractivity contribution is 5.81. The lowest BCUT2D eigenvalue weighted by Gasteiger charge is -2.39. The van der Waals surface area contributed by atoms with Crippen LogP contribution in [0.4, 0.5) is 0 Å². The average molecular weight is 514 g/mol. The maximum absolute atomic E-state index is 13.2. The Bertz CT molecular complexity index is 1180. The summed E-state index contributed by atoms with van der Waals surface area (Å²) in [6.07, 6.45) is 0.262. The molecule has 198 valence electrons. The number of esters is 1. The number of aromatic hydroxyl groups is 1. The molecular formula is C26H31N3O8. The molecule has 5 N–H and O–H groups in total. The van der Waals surface area contributed by atoms with E-state index in [2.05, 4.69) is 10.6 Å². The number of amides is 1. The Morgan fingerprint density at radius 2 is 1.73 bits per heavy atom. The van der Waals surface area contributed by atoms with Gasteiger partial charge in [-0.25, -0.2) is 0 Å². The minimum atomic E-state index is -0.590. The van der Waals surface area contributed by atoms with Gasteiger partial charge >= 0.3 is 5.97 Å². The highest BCUT2D eigenvalue weighted by atomic mass is 16.7. The molecule has 0 aromatic heterocycles. The second kappa shape index (κ2) is 10.3. The number of nitrogens with one attached hydrogen (secondary N) is 2. The van der Waals surface area contributed by atoms with E-state index in [1.165, 1.54) is 14.2 Å². The molecule has 2 aliphatic heterocycles. The monoisotopic (exact) mass is 513 g/mol. The number of rotatable bonds is 9. The van der Waals surface area contributed by atoms with Crippen LogP contribution in [0.3, 0.4) is 0 Å². The number of benzene rings is 2. The Labute approximate surface area is 214 Å². The van der Waals surface area contributed by atoms with Crippen molar-refractivity contribution in [3.05, 3.63) is 41.0 Å². The Kier molecular flexibility index (Phi) is 6.98. The third kappa shape index (κ3) is 4.49. The Hall–Kier alpha value is -3.70. The first-order valence-electron chi connectivity index (χ1n) is 12.2. The number of fused-ring (bicyclic) bond motifs is 3. The van der Waals surface area contributed by atoms with E-state index in [9.17, 15) is 14.7 Å². The van der Waals surface area contributed by atoms with Crippen molar-refractivity contribution in [3.63, 3.8) is 0 Å². The molecule has 2 aromatic rings. The molecule has 1 aliphatic carbocycles. The summed E-state index contributed by atoms with van der Waals surface area (Å²) in [5, 5.41) is 16.7. The van der Waals surface area contributed by atoms with Gasteiger partial charge in [-0.2, -0.15) is 0 Å². The van der Waals surface area contributed by atoms with Gasteiger partial charge in [0.15, 0.2) is 23.0 Å². The average Bonchev–Trinajstić information content (AvgIpc) is 3.52. The molecule has 1 saturated heterocycles. The summed E-state index contributed by atoms with van der Waals surface area (Å²) in [5.41, 5.74) is 7.83. The number of cyclic esters (lactones) is 1. The lowest BCUT2D eigenvalue weighted by Crippen LogP contribution is -2.43. The molecule has 2 aromatic carbocycles. The number of carbonyl (C=O) groups is 2. The van der Waals surface area contributed by atoms with Crippen LogP contribution in [0, 0.1) is 11.8 Å². The molecule has 0 bridgehead atoms. The number of ether oxygens (including phenoxy) is 5. The molecule has 11 heteroatoms. The number of nitrogens with two attached hydrogens (primary N) is 1. The van der Waals surface area contributed by atoms with E-state index in [0.29, 0.717) is 36.7 Å². The van der Waals surface area contributed by atoms with Crippen LogP contribution in [0.5, 0.6) is 28.7 Å². The van der Waals surface area contributed by atoms with Crippen LogP contribution in [0.15, 0.2) is 24.3 Å². The van der Waals surface area contributed by atoms with Gasteiger partial charge < -0.3 is 45.2 Å². The molecule has 1 amide bonds. The van der Waals surface area contributed by atoms with Crippen molar-refractivity contribution in [1.82, 2.24) is 10.6 Å². The van der Waals surface area contributed by atoms with Crippen molar-refractivity contribution < 1.29 is 38.4 Å². The van der Waals surface area contributed by atoms with Crippen molar-refractivity contribution >= 4 is 11.9 Å². The normalized spacial score (nSPS) is 23.2. The fourth-order valence-corrected chi connectivity index (χ4v) is 5.52. The van der Waals surface area contributed by atoms with Gasteiger partial charge in [-0.3, -0.25) is 9.59 Å². The lowest BCUT2D eigenvalue weighted by atomic mass is 9.65. The lowest BCUT2D eigenvalue weighted by molar-refractivity contribution is -0.141. The van der Waals surface area contributed by atoms with E-state index in [-0.39, 0.29) is 54.9 Å². The van der Waals surface area contributed by atoms with Crippen LogP contribution in [0.2, 0.25) is 0 Å². The third-order valence-corrected chi connectivity index (χ3v) is 7.21. The molecule has 0 radical (unpaired) electrons. The van der Waals surface area contributed by atoms with E-state index in [1.807, 2.05) is 12.1 Å². The van der Waals surface area contributed by atoms with Crippen molar-refractivity contribution in [2.24, 2.45) is 17.6 Å². The largest absolute Gasteiger partial charge is 0.502 e. The number of phenols is 1. The Balaban J connectivity index is 1.60. The summed E-state index contributed by atoms with van der Waals surface area (Å²) in [7, 11) is 2.90. The summed E-state index contributed by atoms with van der Waals surface area (Å²) in [5.74, 6) is -0.435. The first-order chi connectivity index (χ1) is 18.0. The maximum Gasteiger partial charge on any atom is 0.310 e. The molecule has 1 unspecified atom stereocenters. The smallest absolute Gasteiger partial charge is 0.310 e.